The van der Waals surface area contributed by atoms with Crippen LogP contribution in [0.3, 0.4) is 0 Å². The van der Waals surface area contributed by atoms with Gasteiger partial charge in [-0.15, -0.1) is 0 Å². The van der Waals surface area contributed by atoms with Crippen LogP contribution in [-0.2, 0) is 6.54 Å². The standard InChI is InChI=1S/C17H21FN2O/c1-4-8-19-11-14-7-9-20-17(16(14)18)21-15-6-5-12(2)13(3)10-15/h5-7,9-10,19H,4,8,11H2,1-3H3. The second-order valence-corrected chi connectivity index (χ2v) is 5.11. The molecule has 0 fully saturated rings. The third-order valence-electron chi connectivity index (χ3n) is 3.37. The summed E-state index contributed by atoms with van der Waals surface area (Å²) in [5.74, 6) is 0.219. The molecule has 0 saturated carbocycles. The SMILES string of the molecule is CCCNCc1ccnc(Oc2ccc(C)c(C)c2)c1F. The largest absolute Gasteiger partial charge is 0.436 e. The zero-order valence-electron chi connectivity index (χ0n) is 12.7. The fourth-order valence-corrected chi connectivity index (χ4v) is 1.96. The van der Waals surface area contributed by atoms with E-state index < -0.39 is 5.82 Å². The highest BCUT2D eigenvalue weighted by atomic mass is 19.1. The van der Waals surface area contributed by atoms with Gasteiger partial charge in [0.05, 0.1) is 0 Å². The Morgan fingerprint density at radius 2 is 2.00 bits per heavy atom. The van der Waals surface area contributed by atoms with Crippen molar-refractivity contribution in [1.29, 1.82) is 0 Å². The van der Waals surface area contributed by atoms with Crippen LogP contribution in [0, 0.1) is 19.7 Å². The Bertz CT molecular complexity index is 614. The van der Waals surface area contributed by atoms with Gasteiger partial charge in [-0.3, -0.25) is 0 Å². The highest BCUT2D eigenvalue weighted by Gasteiger charge is 2.11. The molecule has 2 aromatic rings. The van der Waals surface area contributed by atoms with Crippen molar-refractivity contribution in [1.82, 2.24) is 10.3 Å². The molecule has 0 aliphatic carbocycles. The number of nitrogens with one attached hydrogen (secondary N) is 1. The monoisotopic (exact) mass is 288 g/mol. The molecule has 0 saturated heterocycles. The summed E-state index contributed by atoms with van der Waals surface area (Å²) in [5, 5.41) is 3.18. The van der Waals surface area contributed by atoms with E-state index in [0.29, 0.717) is 17.9 Å². The molecule has 2 rings (SSSR count). The molecule has 0 amide bonds. The molecule has 0 radical (unpaired) electrons. The minimum atomic E-state index is -0.403. The van der Waals surface area contributed by atoms with Crippen molar-refractivity contribution in [3.8, 4) is 11.6 Å². The number of aryl methyl sites for hydroxylation is 2. The second-order valence-electron chi connectivity index (χ2n) is 5.11. The molecule has 0 spiro atoms. The van der Waals surface area contributed by atoms with E-state index in [1.807, 2.05) is 32.0 Å². The fourth-order valence-electron chi connectivity index (χ4n) is 1.96. The van der Waals surface area contributed by atoms with E-state index >= 15 is 0 Å². The summed E-state index contributed by atoms with van der Waals surface area (Å²) in [6, 6.07) is 7.34. The highest BCUT2D eigenvalue weighted by molar-refractivity contribution is 5.36. The minimum Gasteiger partial charge on any atom is -0.436 e. The van der Waals surface area contributed by atoms with Gasteiger partial charge in [0, 0.05) is 18.3 Å². The van der Waals surface area contributed by atoms with E-state index in [1.54, 1.807) is 12.3 Å². The Labute approximate surface area is 125 Å². The van der Waals surface area contributed by atoms with Crippen molar-refractivity contribution >= 4 is 0 Å². The van der Waals surface area contributed by atoms with Crippen LogP contribution in [0.15, 0.2) is 30.5 Å². The van der Waals surface area contributed by atoms with Crippen LogP contribution in [0.5, 0.6) is 11.6 Å². The first kappa shape index (κ1) is 15.4. The quantitative estimate of drug-likeness (QED) is 0.812. The lowest BCUT2D eigenvalue weighted by atomic mass is 10.1. The summed E-state index contributed by atoms with van der Waals surface area (Å²) in [6.45, 7) is 7.43. The molecule has 21 heavy (non-hydrogen) atoms. The van der Waals surface area contributed by atoms with E-state index in [9.17, 15) is 4.39 Å². The molecule has 0 unspecified atom stereocenters. The average molecular weight is 288 g/mol. The maximum Gasteiger partial charge on any atom is 0.256 e. The lowest BCUT2D eigenvalue weighted by Gasteiger charge is -2.10. The van der Waals surface area contributed by atoms with Crippen LogP contribution < -0.4 is 10.1 Å². The van der Waals surface area contributed by atoms with Crippen LogP contribution in [0.1, 0.15) is 30.0 Å². The molecular weight excluding hydrogens is 267 g/mol. The Kier molecular flexibility index (Phi) is 5.28. The maximum absolute atomic E-state index is 14.3. The predicted molar refractivity (Wildman–Crippen MR) is 82.2 cm³/mol. The van der Waals surface area contributed by atoms with Crippen LogP contribution in [0.2, 0.25) is 0 Å². The van der Waals surface area contributed by atoms with Gasteiger partial charge in [0.15, 0.2) is 5.82 Å². The van der Waals surface area contributed by atoms with Gasteiger partial charge < -0.3 is 10.1 Å². The summed E-state index contributed by atoms with van der Waals surface area (Å²) < 4.78 is 19.9. The Hall–Kier alpha value is -1.94. The number of nitrogens with zero attached hydrogens (tertiary/aromatic N) is 1. The molecular formula is C17H21FN2O. The summed E-state index contributed by atoms with van der Waals surface area (Å²) >= 11 is 0. The van der Waals surface area contributed by atoms with Gasteiger partial charge in [0.25, 0.3) is 5.88 Å². The minimum absolute atomic E-state index is 0.0223. The number of rotatable bonds is 6. The summed E-state index contributed by atoms with van der Waals surface area (Å²) in [7, 11) is 0. The van der Waals surface area contributed by atoms with Crippen LogP contribution in [0.4, 0.5) is 4.39 Å². The molecule has 1 aromatic heterocycles. The first-order valence-electron chi connectivity index (χ1n) is 7.21. The van der Waals surface area contributed by atoms with E-state index in [0.717, 1.165) is 18.5 Å². The molecule has 4 heteroatoms. The zero-order chi connectivity index (χ0) is 15.2. The number of benzene rings is 1. The first-order valence-corrected chi connectivity index (χ1v) is 7.21. The molecule has 0 atom stereocenters. The van der Waals surface area contributed by atoms with E-state index in [2.05, 4.69) is 17.2 Å². The highest BCUT2D eigenvalue weighted by Crippen LogP contribution is 2.25. The van der Waals surface area contributed by atoms with Crippen molar-refractivity contribution in [2.45, 2.75) is 33.7 Å². The normalized spacial score (nSPS) is 10.7. The van der Waals surface area contributed by atoms with E-state index in [1.165, 1.54) is 5.56 Å². The summed E-state index contributed by atoms with van der Waals surface area (Å²) in [5.41, 5.74) is 2.85. The lowest BCUT2D eigenvalue weighted by Crippen LogP contribution is -2.15. The van der Waals surface area contributed by atoms with Crippen molar-refractivity contribution in [3.05, 3.63) is 53.0 Å². The van der Waals surface area contributed by atoms with E-state index in [4.69, 9.17) is 4.74 Å². The molecule has 1 heterocycles. The molecule has 0 aliphatic heterocycles. The van der Waals surface area contributed by atoms with Gasteiger partial charge in [-0.2, -0.15) is 0 Å². The molecule has 3 nitrogen and oxygen atoms in total. The molecule has 1 N–H and O–H groups in total. The Balaban J connectivity index is 2.16. The molecule has 112 valence electrons. The molecule has 0 bridgehead atoms. The lowest BCUT2D eigenvalue weighted by molar-refractivity contribution is 0.417. The van der Waals surface area contributed by atoms with E-state index in [-0.39, 0.29) is 5.88 Å². The maximum atomic E-state index is 14.3. The zero-order valence-corrected chi connectivity index (χ0v) is 12.7. The number of hydrogen-bond donors (Lipinski definition) is 1. The third kappa shape index (κ3) is 4.02. The Morgan fingerprint density at radius 3 is 2.71 bits per heavy atom. The fraction of sp³-hybridized carbons (Fsp3) is 0.353. The number of ether oxygens (including phenoxy) is 1. The van der Waals surface area contributed by atoms with Crippen molar-refractivity contribution in [2.75, 3.05) is 6.54 Å². The van der Waals surface area contributed by atoms with Gasteiger partial charge >= 0.3 is 0 Å². The average Bonchev–Trinajstić information content (AvgIpc) is 2.47. The molecule has 1 aromatic carbocycles. The van der Waals surface area contributed by atoms with Crippen molar-refractivity contribution in [3.63, 3.8) is 0 Å². The first-order chi connectivity index (χ1) is 10.1. The summed E-state index contributed by atoms with van der Waals surface area (Å²) in [4.78, 5) is 3.99. The van der Waals surface area contributed by atoms with Crippen LogP contribution >= 0.6 is 0 Å². The van der Waals surface area contributed by atoms with Crippen molar-refractivity contribution in [2.24, 2.45) is 0 Å². The number of aromatic nitrogens is 1. The van der Waals surface area contributed by atoms with Gasteiger partial charge in [-0.05, 0) is 56.1 Å². The topological polar surface area (TPSA) is 34.2 Å². The van der Waals surface area contributed by atoms with Crippen LogP contribution in [0.25, 0.3) is 0 Å². The third-order valence-corrected chi connectivity index (χ3v) is 3.37. The van der Waals surface area contributed by atoms with Gasteiger partial charge in [0.1, 0.15) is 5.75 Å². The second kappa shape index (κ2) is 7.18. The summed E-state index contributed by atoms with van der Waals surface area (Å²) in [6.07, 6.45) is 2.58. The smallest absolute Gasteiger partial charge is 0.256 e. The number of halogens is 1. The van der Waals surface area contributed by atoms with Crippen LogP contribution in [-0.4, -0.2) is 11.5 Å². The van der Waals surface area contributed by atoms with Gasteiger partial charge in [-0.25, -0.2) is 9.37 Å². The number of hydrogen-bond acceptors (Lipinski definition) is 3. The van der Waals surface area contributed by atoms with Gasteiger partial charge in [-0.1, -0.05) is 13.0 Å². The van der Waals surface area contributed by atoms with Gasteiger partial charge in [0.2, 0.25) is 0 Å². The van der Waals surface area contributed by atoms with Crippen molar-refractivity contribution < 1.29 is 9.13 Å². The number of pyridine rings is 1. The predicted octanol–water partition coefficient (Wildman–Crippen LogP) is 4.13. The Morgan fingerprint density at radius 1 is 1.19 bits per heavy atom. The molecule has 0 aliphatic rings.